The monoisotopic (exact) mass is 418 g/mol. The summed E-state index contributed by atoms with van der Waals surface area (Å²) in [6, 6.07) is 9.22. The fourth-order valence-electron chi connectivity index (χ4n) is 2.93. The Labute approximate surface area is 178 Å². The van der Waals surface area contributed by atoms with E-state index in [4.69, 9.17) is 11.6 Å². The lowest BCUT2D eigenvalue weighted by Gasteiger charge is -2.21. The van der Waals surface area contributed by atoms with Crippen molar-refractivity contribution in [3.8, 4) is 5.69 Å². The molecular formula is C22H31ClN4O2. The van der Waals surface area contributed by atoms with Crippen molar-refractivity contribution in [1.29, 1.82) is 0 Å². The molecule has 0 saturated carbocycles. The van der Waals surface area contributed by atoms with Crippen LogP contribution in [0.15, 0.2) is 30.3 Å². The number of carbonyl (C=O) groups excluding carboxylic acids is 2. The molecule has 2 amide bonds. The molecular weight excluding hydrogens is 388 g/mol. The van der Waals surface area contributed by atoms with Gasteiger partial charge in [-0.3, -0.25) is 9.59 Å². The number of anilines is 1. The Hall–Kier alpha value is -2.34. The number of carbonyl (C=O) groups is 2. The Morgan fingerprint density at radius 2 is 1.86 bits per heavy atom. The topological polar surface area (TPSA) is 67.2 Å². The van der Waals surface area contributed by atoms with E-state index in [1.807, 2.05) is 38.1 Å². The number of aromatic nitrogens is 2. The van der Waals surface area contributed by atoms with Gasteiger partial charge < -0.3 is 10.2 Å². The van der Waals surface area contributed by atoms with Gasteiger partial charge in [0.1, 0.15) is 5.82 Å². The van der Waals surface area contributed by atoms with Crippen LogP contribution in [-0.4, -0.2) is 39.6 Å². The largest absolute Gasteiger partial charge is 0.333 e. The van der Waals surface area contributed by atoms with E-state index in [-0.39, 0.29) is 23.8 Å². The summed E-state index contributed by atoms with van der Waals surface area (Å²) in [5.74, 6) is 0.281. The summed E-state index contributed by atoms with van der Waals surface area (Å²) in [7, 11) is 0. The van der Waals surface area contributed by atoms with Gasteiger partial charge in [-0.25, -0.2) is 4.68 Å². The molecule has 29 heavy (non-hydrogen) atoms. The van der Waals surface area contributed by atoms with E-state index in [1.54, 1.807) is 15.6 Å². The highest BCUT2D eigenvalue weighted by molar-refractivity contribution is 6.32. The Kier molecular flexibility index (Phi) is 7.85. The van der Waals surface area contributed by atoms with Crippen molar-refractivity contribution in [3.05, 3.63) is 41.0 Å². The van der Waals surface area contributed by atoms with Crippen LogP contribution in [-0.2, 0) is 15.0 Å². The van der Waals surface area contributed by atoms with Gasteiger partial charge in [-0.05, 0) is 25.0 Å². The lowest BCUT2D eigenvalue weighted by atomic mass is 9.92. The number of hydrogen-bond acceptors (Lipinski definition) is 3. The first-order valence-corrected chi connectivity index (χ1v) is 10.5. The summed E-state index contributed by atoms with van der Waals surface area (Å²) in [4.78, 5) is 26.7. The van der Waals surface area contributed by atoms with Gasteiger partial charge in [0.15, 0.2) is 0 Å². The van der Waals surface area contributed by atoms with Crippen LogP contribution in [0.2, 0.25) is 5.02 Å². The normalized spacial score (nSPS) is 11.4. The molecule has 1 heterocycles. The first-order chi connectivity index (χ1) is 13.7. The quantitative estimate of drug-likeness (QED) is 0.669. The van der Waals surface area contributed by atoms with Crippen molar-refractivity contribution < 1.29 is 9.59 Å². The predicted octanol–water partition coefficient (Wildman–Crippen LogP) is 4.80. The molecule has 0 aliphatic rings. The van der Waals surface area contributed by atoms with Crippen LogP contribution in [0.1, 0.15) is 59.6 Å². The summed E-state index contributed by atoms with van der Waals surface area (Å²) in [6.07, 6.45) is 2.00. The second kappa shape index (κ2) is 9.92. The average Bonchev–Trinajstić information content (AvgIpc) is 3.06. The summed E-state index contributed by atoms with van der Waals surface area (Å²) in [5, 5.41) is 8.15. The van der Waals surface area contributed by atoms with Crippen molar-refractivity contribution in [2.75, 3.05) is 18.4 Å². The third kappa shape index (κ3) is 6.07. The molecule has 1 aromatic carbocycles. The third-order valence-corrected chi connectivity index (χ3v) is 4.79. The van der Waals surface area contributed by atoms with E-state index in [0.717, 1.165) is 18.5 Å². The van der Waals surface area contributed by atoms with Gasteiger partial charge in [0.2, 0.25) is 11.8 Å². The minimum absolute atomic E-state index is 0.000470. The van der Waals surface area contributed by atoms with Gasteiger partial charge >= 0.3 is 0 Å². The van der Waals surface area contributed by atoms with Gasteiger partial charge in [-0.1, -0.05) is 58.4 Å². The number of halogens is 1. The van der Waals surface area contributed by atoms with E-state index < -0.39 is 0 Å². The second-order valence-corrected chi connectivity index (χ2v) is 8.55. The molecule has 7 heteroatoms. The molecule has 0 bridgehead atoms. The Morgan fingerprint density at radius 1 is 1.17 bits per heavy atom. The van der Waals surface area contributed by atoms with Crippen LogP contribution in [0.4, 0.5) is 5.82 Å². The van der Waals surface area contributed by atoms with Crippen molar-refractivity contribution in [1.82, 2.24) is 14.7 Å². The molecule has 6 nitrogen and oxygen atoms in total. The molecule has 0 aliphatic carbocycles. The molecule has 0 unspecified atom stereocenters. The van der Waals surface area contributed by atoms with E-state index in [0.29, 0.717) is 29.5 Å². The first-order valence-electron chi connectivity index (χ1n) is 10.1. The maximum Gasteiger partial charge on any atom is 0.245 e. The zero-order valence-corrected chi connectivity index (χ0v) is 18.7. The van der Waals surface area contributed by atoms with Gasteiger partial charge in [0.25, 0.3) is 0 Å². The summed E-state index contributed by atoms with van der Waals surface area (Å²) in [6.45, 7) is 10.7. The zero-order valence-electron chi connectivity index (χ0n) is 18.0. The maximum absolute atomic E-state index is 12.8. The highest BCUT2D eigenvalue weighted by Gasteiger charge is 2.23. The standard InChI is InChI=1S/C22H31ClN4O2/c1-6-10-21(29)26(13-7-2)15-20(28)24-19-14-18(22(3,4)5)25-27(19)17-12-9-8-11-16(17)23/h8-9,11-12,14H,6-7,10,13,15H2,1-5H3,(H,24,28). The number of amides is 2. The minimum atomic E-state index is -0.253. The van der Waals surface area contributed by atoms with Crippen molar-refractivity contribution in [2.24, 2.45) is 0 Å². The number of nitrogens with zero attached hydrogens (tertiary/aromatic N) is 3. The molecule has 0 radical (unpaired) electrons. The number of rotatable bonds is 8. The van der Waals surface area contributed by atoms with E-state index in [9.17, 15) is 9.59 Å². The molecule has 0 atom stereocenters. The predicted molar refractivity (Wildman–Crippen MR) is 118 cm³/mol. The third-order valence-electron chi connectivity index (χ3n) is 4.47. The van der Waals surface area contributed by atoms with Crippen molar-refractivity contribution in [2.45, 2.75) is 59.3 Å². The Bertz CT molecular complexity index is 855. The van der Waals surface area contributed by atoms with Crippen LogP contribution in [0.3, 0.4) is 0 Å². The first kappa shape index (κ1) is 22.9. The van der Waals surface area contributed by atoms with E-state index in [1.165, 1.54) is 0 Å². The number of benzene rings is 1. The van der Waals surface area contributed by atoms with Gasteiger partial charge in [-0.15, -0.1) is 0 Å². The fraction of sp³-hybridized carbons (Fsp3) is 0.500. The van der Waals surface area contributed by atoms with Crippen LogP contribution in [0.5, 0.6) is 0 Å². The SMILES string of the molecule is CCCC(=O)N(CCC)CC(=O)Nc1cc(C(C)(C)C)nn1-c1ccccc1Cl. The maximum atomic E-state index is 12.8. The lowest BCUT2D eigenvalue weighted by molar-refractivity contribution is -0.134. The van der Waals surface area contributed by atoms with Crippen LogP contribution in [0.25, 0.3) is 5.69 Å². The van der Waals surface area contributed by atoms with Crippen molar-refractivity contribution in [3.63, 3.8) is 0 Å². The highest BCUT2D eigenvalue weighted by Crippen LogP contribution is 2.29. The average molecular weight is 419 g/mol. The van der Waals surface area contributed by atoms with Crippen LogP contribution < -0.4 is 5.32 Å². The summed E-state index contributed by atoms with van der Waals surface area (Å²) in [5.41, 5.74) is 1.32. The summed E-state index contributed by atoms with van der Waals surface area (Å²) < 4.78 is 1.65. The Balaban J connectivity index is 2.31. The van der Waals surface area contributed by atoms with Gasteiger partial charge in [0.05, 0.1) is 22.9 Å². The van der Waals surface area contributed by atoms with E-state index in [2.05, 4.69) is 31.2 Å². The number of nitrogens with one attached hydrogen (secondary N) is 1. The van der Waals surface area contributed by atoms with Gasteiger partial charge in [-0.2, -0.15) is 5.10 Å². The molecule has 0 spiro atoms. The summed E-state index contributed by atoms with van der Waals surface area (Å²) >= 11 is 6.37. The molecule has 2 aromatic rings. The molecule has 2 rings (SSSR count). The minimum Gasteiger partial charge on any atom is -0.333 e. The number of hydrogen-bond donors (Lipinski definition) is 1. The smallest absolute Gasteiger partial charge is 0.245 e. The molecule has 1 N–H and O–H groups in total. The van der Waals surface area contributed by atoms with Gasteiger partial charge in [0, 0.05) is 24.4 Å². The second-order valence-electron chi connectivity index (χ2n) is 8.14. The molecule has 0 aliphatic heterocycles. The number of para-hydroxylation sites is 1. The fourth-order valence-corrected chi connectivity index (χ4v) is 3.15. The lowest BCUT2D eigenvalue weighted by Crippen LogP contribution is -2.38. The highest BCUT2D eigenvalue weighted by atomic mass is 35.5. The molecule has 1 aromatic heterocycles. The van der Waals surface area contributed by atoms with Crippen molar-refractivity contribution >= 4 is 29.2 Å². The zero-order chi connectivity index (χ0) is 21.6. The van der Waals surface area contributed by atoms with Crippen LogP contribution in [0, 0.1) is 0 Å². The molecule has 0 saturated heterocycles. The Morgan fingerprint density at radius 3 is 2.45 bits per heavy atom. The molecule has 158 valence electrons. The van der Waals surface area contributed by atoms with Crippen LogP contribution >= 0.6 is 11.6 Å². The molecule has 0 fully saturated rings. The van der Waals surface area contributed by atoms with E-state index >= 15 is 0 Å².